The smallest absolute Gasteiger partial charge is 0.224 e. The van der Waals surface area contributed by atoms with E-state index in [-0.39, 0.29) is 0 Å². The first-order valence-corrected chi connectivity index (χ1v) is 13.0. The Morgan fingerprint density at radius 3 is 2.03 bits per heavy atom. The third kappa shape index (κ3) is 2.87. The molecular weight excluding hydrogens is 464 g/mol. The lowest BCUT2D eigenvalue weighted by atomic mass is 9.96. The van der Waals surface area contributed by atoms with Gasteiger partial charge in [0.2, 0.25) is 5.69 Å². The topological polar surface area (TPSA) is 21.9 Å². The minimum absolute atomic E-state index is 0.897. The van der Waals surface area contributed by atoms with Gasteiger partial charge in [0.25, 0.3) is 0 Å². The molecule has 0 bridgehead atoms. The van der Waals surface area contributed by atoms with Gasteiger partial charge in [-0.3, -0.25) is 0 Å². The second-order valence-corrected chi connectivity index (χ2v) is 10.2. The molecule has 0 unspecified atom stereocenters. The zero-order valence-corrected chi connectivity index (χ0v) is 21.3. The number of rotatable bonds is 2. The molecule has 0 N–H and O–H groups in total. The number of fused-ring (bicyclic) bond motifs is 7. The van der Waals surface area contributed by atoms with Crippen molar-refractivity contribution >= 4 is 54.5 Å². The Morgan fingerprint density at radius 1 is 0.658 bits per heavy atom. The van der Waals surface area contributed by atoms with E-state index in [2.05, 4.69) is 138 Å². The molecule has 3 heterocycles. The van der Waals surface area contributed by atoms with Crippen LogP contribution in [0, 0.1) is 6.92 Å². The van der Waals surface area contributed by atoms with Crippen LogP contribution in [-0.4, -0.2) is 4.57 Å². The molecular formula is C35H25N2O+. The minimum Gasteiger partial charge on any atom is -0.453 e. The van der Waals surface area contributed by atoms with Crippen molar-refractivity contribution in [3.8, 4) is 16.9 Å². The molecule has 0 aliphatic heterocycles. The molecule has 5 aromatic carbocycles. The summed E-state index contributed by atoms with van der Waals surface area (Å²) in [5.41, 5.74) is 8.86. The van der Waals surface area contributed by atoms with Crippen LogP contribution >= 0.6 is 0 Å². The Bertz CT molecular complexity index is 2160. The number of furan rings is 1. The zero-order valence-electron chi connectivity index (χ0n) is 21.3. The Morgan fingerprint density at radius 2 is 1.29 bits per heavy atom. The molecule has 0 saturated heterocycles. The van der Waals surface area contributed by atoms with Crippen LogP contribution in [0.25, 0.3) is 71.5 Å². The molecule has 0 radical (unpaired) electrons. The predicted octanol–water partition coefficient (Wildman–Crippen LogP) is 8.64. The molecule has 180 valence electrons. The van der Waals surface area contributed by atoms with Crippen LogP contribution < -0.4 is 4.57 Å². The molecule has 8 rings (SSSR count). The van der Waals surface area contributed by atoms with Crippen LogP contribution in [0.4, 0.5) is 0 Å². The summed E-state index contributed by atoms with van der Waals surface area (Å²) in [5.74, 6) is 0. The molecule has 0 saturated carbocycles. The van der Waals surface area contributed by atoms with Gasteiger partial charge in [-0.1, -0.05) is 78.9 Å². The highest BCUT2D eigenvalue weighted by Crippen LogP contribution is 2.41. The highest BCUT2D eigenvalue weighted by molar-refractivity contribution is 6.15. The standard InChI is InChI=1S/C35H25N2O/c1-22-20-23-10-3-4-11-24(23)21-28(22)34-33-27-14-9-17-31(35(27)38-32(33)18-19-36(34)2)37-29-15-7-5-12-25(29)26-13-6-8-16-30(26)37/h3-21H,1-2H3/q+1. The molecule has 0 amide bonds. The van der Waals surface area contributed by atoms with Gasteiger partial charge in [-0.05, 0) is 47.5 Å². The summed E-state index contributed by atoms with van der Waals surface area (Å²) in [4.78, 5) is 0. The minimum atomic E-state index is 0.897. The molecule has 3 aromatic heterocycles. The van der Waals surface area contributed by atoms with E-state index in [9.17, 15) is 0 Å². The summed E-state index contributed by atoms with van der Waals surface area (Å²) in [7, 11) is 2.12. The summed E-state index contributed by atoms with van der Waals surface area (Å²) in [6.07, 6.45) is 2.11. The Hall–Kier alpha value is -4.89. The fraction of sp³-hybridized carbons (Fsp3) is 0.0571. The third-order valence-electron chi connectivity index (χ3n) is 7.93. The molecule has 8 aromatic rings. The van der Waals surface area contributed by atoms with Gasteiger partial charge in [0, 0.05) is 22.2 Å². The maximum Gasteiger partial charge on any atom is 0.224 e. The lowest BCUT2D eigenvalue weighted by Gasteiger charge is -2.09. The number of pyridine rings is 1. The molecule has 3 heteroatoms. The summed E-state index contributed by atoms with van der Waals surface area (Å²) in [6.45, 7) is 2.20. The Labute approximate surface area is 219 Å². The van der Waals surface area contributed by atoms with Gasteiger partial charge in [-0.15, -0.1) is 0 Å². The maximum absolute atomic E-state index is 6.72. The van der Waals surface area contributed by atoms with Crippen LogP contribution in [0.15, 0.2) is 120 Å². The number of hydrogen-bond donors (Lipinski definition) is 0. The summed E-state index contributed by atoms with van der Waals surface area (Å²) in [5, 5.41) is 7.26. The van der Waals surface area contributed by atoms with Crippen molar-refractivity contribution in [2.75, 3.05) is 0 Å². The first kappa shape index (κ1) is 21.2. The molecule has 0 fully saturated rings. The van der Waals surface area contributed by atoms with E-state index in [1.807, 2.05) is 0 Å². The van der Waals surface area contributed by atoms with Crippen LogP contribution in [0.3, 0.4) is 0 Å². The number of benzene rings is 5. The molecule has 3 nitrogen and oxygen atoms in total. The van der Waals surface area contributed by atoms with E-state index in [1.54, 1.807) is 0 Å². The number of aromatic nitrogens is 2. The molecule has 38 heavy (non-hydrogen) atoms. The number of hydrogen-bond acceptors (Lipinski definition) is 1. The van der Waals surface area contributed by atoms with Gasteiger partial charge in [0.1, 0.15) is 18.0 Å². The van der Waals surface area contributed by atoms with E-state index in [1.165, 1.54) is 49.4 Å². The van der Waals surface area contributed by atoms with E-state index >= 15 is 0 Å². The second-order valence-electron chi connectivity index (χ2n) is 10.2. The number of aryl methyl sites for hydroxylation is 2. The van der Waals surface area contributed by atoms with E-state index in [4.69, 9.17) is 4.42 Å². The van der Waals surface area contributed by atoms with E-state index < -0.39 is 0 Å². The van der Waals surface area contributed by atoms with Gasteiger partial charge in [0.05, 0.1) is 22.3 Å². The first-order chi connectivity index (χ1) is 18.7. The molecule has 0 atom stereocenters. The van der Waals surface area contributed by atoms with Crippen molar-refractivity contribution in [3.63, 3.8) is 0 Å². The lowest BCUT2D eigenvalue weighted by molar-refractivity contribution is -0.659. The summed E-state index contributed by atoms with van der Waals surface area (Å²) >= 11 is 0. The predicted molar refractivity (Wildman–Crippen MR) is 157 cm³/mol. The van der Waals surface area contributed by atoms with Crippen LogP contribution in [0.5, 0.6) is 0 Å². The second kappa shape index (κ2) is 7.80. The van der Waals surface area contributed by atoms with E-state index in [0.717, 1.165) is 27.6 Å². The first-order valence-electron chi connectivity index (χ1n) is 13.0. The van der Waals surface area contributed by atoms with Crippen molar-refractivity contribution in [2.45, 2.75) is 6.92 Å². The molecule has 0 spiro atoms. The van der Waals surface area contributed by atoms with Crippen molar-refractivity contribution in [1.29, 1.82) is 0 Å². The van der Waals surface area contributed by atoms with Crippen LogP contribution in [-0.2, 0) is 7.05 Å². The third-order valence-corrected chi connectivity index (χ3v) is 7.93. The van der Waals surface area contributed by atoms with Crippen LogP contribution in [0.1, 0.15) is 5.56 Å². The van der Waals surface area contributed by atoms with Crippen molar-refractivity contribution in [1.82, 2.24) is 4.57 Å². The fourth-order valence-electron chi connectivity index (χ4n) is 6.21. The van der Waals surface area contributed by atoms with Crippen LogP contribution in [0.2, 0.25) is 0 Å². The Balaban J connectivity index is 1.49. The maximum atomic E-state index is 6.72. The normalized spacial score (nSPS) is 11.9. The molecule has 0 aliphatic rings. The summed E-state index contributed by atoms with van der Waals surface area (Å²) in [6, 6.07) is 39.0. The van der Waals surface area contributed by atoms with Crippen molar-refractivity contribution in [2.24, 2.45) is 7.05 Å². The highest BCUT2D eigenvalue weighted by Gasteiger charge is 2.25. The quantitative estimate of drug-likeness (QED) is 0.223. The fourth-order valence-corrected chi connectivity index (χ4v) is 6.21. The zero-order chi connectivity index (χ0) is 25.4. The largest absolute Gasteiger partial charge is 0.453 e. The molecule has 0 aliphatic carbocycles. The number of nitrogens with zero attached hydrogens (tertiary/aromatic N) is 2. The van der Waals surface area contributed by atoms with Gasteiger partial charge in [0.15, 0.2) is 11.8 Å². The van der Waals surface area contributed by atoms with Gasteiger partial charge < -0.3 is 8.98 Å². The van der Waals surface area contributed by atoms with Crippen molar-refractivity contribution < 1.29 is 8.98 Å². The average Bonchev–Trinajstić information content (AvgIpc) is 3.49. The SMILES string of the molecule is Cc1cc2ccccc2cc1-c1c2c(cc[n+]1C)oc1c(-n3c4ccccc4c4ccccc43)cccc12. The average molecular weight is 490 g/mol. The lowest BCUT2D eigenvalue weighted by Crippen LogP contribution is -2.30. The van der Waals surface area contributed by atoms with Gasteiger partial charge in [-0.2, -0.15) is 0 Å². The number of para-hydroxylation sites is 3. The Kier molecular flexibility index (Phi) is 4.36. The van der Waals surface area contributed by atoms with Gasteiger partial charge in [-0.25, -0.2) is 4.57 Å². The monoisotopic (exact) mass is 489 g/mol. The van der Waals surface area contributed by atoms with E-state index in [0.29, 0.717) is 0 Å². The summed E-state index contributed by atoms with van der Waals surface area (Å²) < 4.78 is 11.3. The van der Waals surface area contributed by atoms with Gasteiger partial charge >= 0.3 is 0 Å². The highest BCUT2D eigenvalue weighted by atomic mass is 16.3. The van der Waals surface area contributed by atoms with Crippen molar-refractivity contribution in [3.05, 3.63) is 121 Å².